The topological polar surface area (TPSA) is 165 Å². The van der Waals surface area contributed by atoms with E-state index < -0.39 is 38.9 Å². The fourth-order valence-corrected chi connectivity index (χ4v) is 5.00. The van der Waals surface area contributed by atoms with Crippen LogP contribution in [-0.4, -0.2) is 76.9 Å². The van der Waals surface area contributed by atoms with E-state index in [-0.39, 0.29) is 65.0 Å². The van der Waals surface area contributed by atoms with E-state index in [9.17, 15) is 32.8 Å². The van der Waals surface area contributed by atoms with Gasteiger partial charge in [-0.15, -0.1) is 11.3 Å². The molecule has 11 nitrogen and oxygen atoms in total. The lowest BCUT2D eigenvalue weighted by Gasteiger charge is -2.28. The SMILES string of the molecule is CC(C)S(=O)(=O)Nc1cc(C#N)c(-c2sc(C(=O)NCC(C)(C)O)nc2C(=O)N2CCC(F)CC2)cn1. The van der Waals surface area contributed by atoms with E-state index in [1.807, 2.05) is 6.07 Å². The van der Waals surface area contributed by atoms with Gasteiger partial charge in [0.25, 0.3) is 11.8 Å². The molecule has 0 aliphatic carbocycles. The van der Waals surface area contributed by atoms with Gasteiger partial charge in [-0.25, -0.2) is 22.8 Å². The van der Waals surface area contributed by atoms with Gasteiger partial charge in [0, 0.05) is 31.4 Å². The average molecular weight is 553 g/mol. The first-order valence-electron chi connectivity index (χ1n) is 11.6. The Balaban J connectivity index is 2.04. The number of sulfonamides is 1. The number of halogens is 1. The van der Waals surface area contributed by atoms with Crippen LogP contribution in [0, 0.1) is 11.3 Å². The average Bonchev–Trinajstić information content (AvgIpc) is 3.27. The van der Waals surface area contributed by atoms with Crippen molar-refractivity contribution in [2.45, 2.75) is 57.6 Å². The number of aliphatic hydroxyl groups is 1. The third kappa shape index (κ3) is 7.00. The molecule has 0 atom stereocenters. The molecule has 0 saturated carbocycles. The molecule has 1 aliphatic heterocycles. The quantitative estimate of drug-likeness (QED) is 0.449. The largest absolute Gasteiger partial charge is 0.389 e. The summed E-state index contributed by atoms with van der Waals surface area (Å²) in [4.78, 5) is 36.1. The lowest BCUT2D eigenvalue weighted by Crippen LogP contribution is -2.39. The predicted octanol–water partition coefficient (Wildman–Crippen LogP) is 2.30. The highest BCUT2D eigenvalue weighted by atomic mass is 32.2. The standard InChI is InChI=1S/C23H29FN6O5S2/c1-13(2)37(34,35)29-17-9-14(10-25)16(11-26-17)19-18(22(32)30-7-5-15(24)6-8-30)28-21(36-19)20(31)27-12-23(3,4)33/h9,11,13,15,33H,5-8,12H2,1-4H3,(H,26,29)(H,27,31). The lowest BCUT2D eigenvalue weighted by molar-refractivity contribution is 0.0660. The Morgan fingerprint density at radius 1 is 1.35 bits per heavy atom. The van der Waals surface area contributed by atoms with Crippen molar-refractivity contribution in [1.82, 2.24) is 20.2 Å². The first kappa shape index (κ1) is 28.4. The number of amides is 2. The molecule has 0 unspecified atom stereocenters. The summed E-state index contributed by atoms with van der Waals surface area (Å²) in [6.45, 7) is 6.31. The molecule has 14 heteroatoms. The monoisotopic (exact) mass is 552 g/mol. The third-order valence-electron chi connectivity index (χ3n) is 5.55. The zero-order chi connectivity index (χ0) is 27.5. The van der Waals surface area contributed by atoms with Gasteiger partial charge in [0.2, 0.25) is 10.0 Å². The maximum absolute atomic E-state index is 13.6. The number of thiazole rings is 1. The highest BCUT2D eigenvalue weighted by Crippen LogP contribution is 2.35. The van der Waals surface area contributed by atoms with E-state index in [1.54, 1.807) is 0 Å². The fourth-order valence-electron chi connectivity index (χ4n) is 3.37. The van der Waals surface area contributed by atoms with Crippen LogP contribution in [0.3, 0.4) is 0 Å². The van der Waals surface area contributed by atoms with Crippen molar-refractivity contribution in [3.63, 3.8) is 0 Å². The van der Waals surface area contributed by atoms with E-state index in [4.69, 9.17) is 0 Å². The Hall–Kier alpha value is -3.15. The Bertz CT molecular complexity index is 1320. The smallest absolute Gasteiger partial charge is 0.280 e. The van der Waals surface area contributed by atoms with Gasteiger partial charge in [-0.2, -0.15) is 5.26 Å². The maximum atomic E-state index is 13.6. The number of hydrogen-bond acceptors (Lipinski definition) is 9. The minimum absolute atomic E-state index is 0.0140. The molecular formula is C23H29FN6O5S2. The van der Waals surface area contributed by atoms with E-state index in [0.29, 0.717) is 0 Å². The minimum Gasteiger partial charge on any atom is -0.389 e. The summed E-state index contributed by atoms with van der Waals surface area (Å²) in [7, 11) is -3.72. The molecule has 2 aromatic rings. The van der Waals surface area contributed by atoms with Crippen LogP contribution in [0.2, 0.25) is 0 Å². The number of aromatic nitrogens is 2. The van der Waals surface area contributed by atoms with Crippen molar-refractivity contribution < 1.29 is 27.5 Å². The van der Waals surface area contributed by atoms with Gasteiger partial charge in [-0.1, -0.05) is 0 Å². The summed E-state index contributed by atoms with van der Waals surface area (Å²) >= 11 is 0.861. The number of anilines is 1. The number of carbonyl (C=O) groups is 2. The highest BCUT2D eigenvalue weighted by Gasteiger charge is 2.31. The number of alkyl halides is 1. The second kappa shape index (κ2) is 11.1. The second-order valence-electron chi connectivity index (χ2n) is 9.58. The molecule has 2 amide bonds. The van der Waals surface area contributed by atoms with Gasteiger partial charge in [0.15, 0.2) is 5.01 Å². The zero-order valence-corrected chi connectivity index (χ0v) is 22.5. The van der Waals surface area contributed by atoms with Crippen LogP contribution < -0.4 is 10.0 Å². The molecule has 200 valence electrons. The van der Waals surface area contributed by atoms with Crippen LogP contribution in [0.5, 0.6) is 0 Å². The van der Waals surface area contributed by atoms with Gasteiger partial charge < -0.3 is 15.3 Å². The number of carbonyl (C=O) groups excluding carboxylic acids is 2. The molecule has 1 aliphatic rings. The molecule has 1 saturated heterocycles. The number of nitriles is 1. The second-order valence-corrected chi connectivity index (χ2v) is 12.8. The van der Waals surface area contributed by atoms with E-state index in [0.717, 1.165) is 11.3 Å². The van der Waals surface area contributed by atoms with Crippen molar-refractivity contribution in [1.29, 1.82) is 5.26 Å². The Kier molecular flexibility index (Phi) is 8.51. The predicted molar refractivity (Wildman–Crippen MR) is 136 cm³/mol. The number of pyridine rings is 1. The molecule has 1 fully saturated rings. The molecule has 3 heterocycles. The van der Waals surface area contributed by atoms with Gasteiger partial charge >= 0.3 is 0 Å². The van der Waals surface area contributed by atoms with Crippen molar-refractivity contribution in [2.75, 3.05) is 24.4 Å². The summed E-state index contributed by atoms with van der Waals surface area (Å²) in [6.07, 6.45) is 0.603. The molecular weight excluding hydrogens is 523 g/mol. The fraction of sp³-hybridized carbons (Fsp3) is 0.522. The van der Waals surface area contributed by atoms with E-state index >= 15 is 0 Å². The molecule has 0 spiro atoms. The van der Waals surface area contributed by atoms with Gasteiger partial charge in [-0.3, -0.25) is 14.3 Å². The molecule has 3 rings (SSSR count). The number of nitrogens with zero attached hydrogens (tertiary/aromatic N) is 4. The van der Waals surface area contributed by atoms with E-state index in [1.165, 1.54) is 44.9 Å². The van der Waals surface area contributed by atoms with Gasteiger partial charge in [0.1, 0.15) is 17.7 Å². The molecule has 37 heavy (non-hydrogen) atoms. The van der Waals surface area contributed by atoms with Crippen molar-refractivity contribution in [2.24, 2.45) is 0 Å². The highest BCUT2D eigenvalue weighted by molar-refractivity contribution is 7.93. The number of nitrogens with one attached hydrogen (secondary N) is 2. The number of likely N-dealkylation sites (tertiary alicyclic amines) is 1. The third-order valence-corrected chi connectivity index (χ3v) is 8.38. The van der Waals surface area contributed by atoms with E-state index in [2.05, 4.69) is 20.0 Å². The van der Waals surface area contributed by atoms with Crippen molar-refractivity contribution >= 4 is 39.0 Å². The summed E-state index contributed by atoms with van der Waals surface area (Å²) < 4.78 is 40.4. The van der Waals surface area contributed by atoms with Crippen molar-refractivity contribution in [3.05, 3.63) is 28.5 Å². The number of rotatable bonds is 8. The summed E-state index contributed by atoms with van der Waals surface area (Å²) in [5, 5.41) is 21.5. The van der Waals surface area contributed by atoms with Crippen LogP contribution in [0.1, 0.15) is 66.4 Å². The summed E-state index contributed by atoms with van der Waals surface area (Å²) in [5.41, 5.74) is -1.07. The van der Waals surface area contributed by atoms with Crippen LogP contribution in [0.25, 0.3) is 10.4 Å². The van der Waals surface area contributed by atoms with Crippen LogP contribution in [0.4, 0.5) is 10.2 Å². The Morgan fingerprint density at radius 2 is 2.00 bits per heavy atom. The number of piperidine rings is 1. The molecule has 0 bridgehead atoms. The molecule has 2 aromatic heterocycles. The van der Waals surface area contributed by atoms with Crippen LogP contribution in [0.15, 0.2) is 12.3 Å². The molecule has 0 aromatic carbocycles. The summed E-state index contributed by atoms with van der Waals surface area (Å²) in [6, 6.07) is 3.22. The first-order valence-corrected chi connectivity index (χ1v) is 13.9. The van der Waals surface area contributed by atoms with Crippen LogP contribution in [-0.2, 0) is 10.0 Å². The molecule has 3 N–H and O–H groups in total. The normalized spacial score (nSPS) is 14.9. The molecule has 0 radical (unpaired) electrons. The van der Waals surface area contributed by atoms with Gasteiger partial charge in [-0.05, 0) is 46.6 Å². The first-order chi connectivity index (χ1) is 17.2. The van der Waals surface area contributed by atoms with Gasteiger partial charge in [0.05, 0.1) is 27.4 Å². The number of hydrogen-bond donors (Lipinski definition) is 3. The zero-order valence-electron chi connectivity index (χ0n) is 20.9. The Morgan fingerprint density at radius 3 is 2.57 bits per heavy atom. The maximum Gasteiger partial charge on any atom is 0.280 e. The van der Waals surface area contributed by atoms with Crippen LogP contribution >= 0.6 is 11.3 Å². The Labute approximate surface area is 218 Å². The summed E-state index contributed by atoms with van der Waals surface area (Å²) in [5.74, 6) is -1.21. The lowest BCUT2D eigenvalue weighted by atomic mass is 10.1. The van der Waals surface area contributed by atoms with Crippen molar-refractivity contribution in [3.8, 4) is 16.5 Å². The minimum atomic E-state index is -3.72.